The molecule has 2 aliphatic rings. The molecule has 0 aromatic heterocycles. The van der Waals surface area contributed by atoms with E-state index in [0.717, 1.165) is 24.1 Å². The minimum absolute atomic E-state index is 0.0321. The summed E-state index contributed by atoms with van der Waals surface area (Å²) in [4.78, 5) is 22.5. The van der Waals surface area contributed by atoms with Gasteiger partial charge < -0.3 is 5.32 Å². The van der Waals surface area contributed by atoms with Crippen LogP contribution in [-0.4, -0.2) is 11.7 Å². The van der Waals surface area contributed by atoms with E-state index in [1.165, 1.54) is 0 Å². The number of hydrogen-bond donors (Lipinski definition) is 1. The molecular weight excluding hydrogens is 166 g/mol. The average Bonchev–Trinajstić information content (AvgIpc) is 2.08. The Kier molecular flexibility index (Phi) is 1.94. The second kappa shape index (κ2) is 2.98. The van der Waals surface area contributed by atoms with Crippen LogP contribution in [-0.2, 0) is 9.59 Å². The Hall–Kier alpha value is -1.12. The van der Waals surface area contributed by atoms with Gasteiger partial charge in [-0.3, -0.25) is 9.59 Å². The molecule has 0 saturated heterocycles. The van der Waals surface area contributed by atoms with E-state index in [2.05, 4.69) is 5.32 Å². The maximum absolute atomic E-state index is 11.3. The first-order chi connectivity index (χ1) is 6.16. The van der Waals surface area contributed by atoms with E-state index in [1.54, 1.807) is 0 Å². The van der Waals surface area contributed by atoms with Gasteiger partial charge in [-0.2, -0.15) is 0 Å². The molecule has 1 heterocycles. The van der Waals surface area contributed by atoms with Crippen molar-refractivity contribution >= 4 is 11.7 Å². The van der Waals surface area contributed by atoms with Gasteiger partial charge >= 0.3 is 0 Å². The first-order valence-corrected chi connectivity index (χ1v) is 4.70. The smallest absolute Gasteiger partial charge is 0.227 e. The van der Waals surface area contributed by atoms with Gasteiger partial charge in [-0.1, -0.05) is 6.92 Å². The molecule has 0 bridgehead atoms. The zero-order valence-electron chi connectivity index (χ0n) is 7.72. The lowest BCUT2D eigenvalue weighted by atomic mass is 9.85. The van der Waals surface area contributed by atoms with E-state index < -0.39 is 0 Å². The second-order valence-corrected chi connectivity index (χ2v) is 3.89. The van der Waals surface area contributed by atoms with Gasteiger partial charge in [-0.05, 0) is 18.4 Å². The van der Waals surface area contributed by atoms with Crippen LogP contribution >= 0.6 is 0 Å². The number of allylic oxidation sites excluding steroid dienone is 2. The third-order valence-electron chi connectivity index (χ3n) is 2.77. The van der Waals surface area contributed by atoms with Crippen LogP contribution in [0.25, 0.3) is 0 Å². The van der Waals surface area contributed by atoms with Crippen molar-refractivity contribution in [1.29, 1.82) is 0 Å². The molecule has 0 fully saturated rings. The lowest BCUT2D eigenvalue weighted by Gasteiger charge is -2.27. The maximum Gasteiger partial charge on any atom is 0.227 e. The lowest BCUT2D eigenvalue weighted by molar-refractivity contribution is -0.125. The number of rotatable bonds is 0. The summed E-state index contributed by atoms with van der Waals surface area (Å²) in [6, 6.07) is 0. The quantitative estimate of drug-likeness (QED) is 0.606. The largest absolute Gasteiger partial charge is 0.330 e. The molecule has 13 heavy (non-hydrogen) atoms. The summed E-state index contributed by atoms with van der Waals surface area (Å²) >= 11 is 0. The number of Topliss-reactive ketones (excluding diaryl/α,β-unsaturated/α-hetero) is 1. The Bertz CT molecular complexity index is 304. The van der Waals surface area contributed by atoms with Gasteiger partial charge in [0.25, 0.3) is 0 Å². The number of carbonyl (C=O) groups is 2. The molecule has 1 aliphatic carbocycles. The molecule has 1 N–H and O–H groups in total. The fourth-order valence-electron chi connectivity index (χ4n) is 1.95. The van der Waals surface area contributed by atoms with Gasteiger partial charge in [0.05, 0.1) is 0 Å². The van der Waals surface area contributed by atoms with Crippen molar-refractivity contribution in [2.45, 2.75) is 32.6 Å². The van der Waals surface area contributed by atoms with E-state index in [9.17, 15) is 9.59 Å². The number of amides is 1. The van der Waals surface area contributed by atoms with Gasteiger partial charge in [0, 0.05) is 24.5 Å². The highest BCUT2D eigenvalue weighted by molar-refractivity contribution is 5.87. The predicted octanol–water partition coefficient (Wildman–Crippen LogP) is 1.15. The van der Waals surface area contributed by atoms with E-state index in [-0.39, 0.29) is 11.8 Å². The molecule has 0 aromatic rings. The van der Waals surface area contributed by atoms with Crippen LogP contribution in [0.2, 0.25) is 0 Å². The SMILES string of the molecule is C[C@@H]1CC2=C(CCC(=O)C2)NC1=O. The molecule has 0 spiro atoms. The summed E-state index contributed by atoms with van der Waals surface area (Å²) in [7, 11) is 0. The van der Waals surface area contributed by atoms with Crippen molar-refractivity contribution in [2.24, 2.45) is 5.92 Å². The molecule has 1 amide bonds. The monoisotopic (exact) mass is 179 g/mol. The topological polar surface area (TPSA) is 46.2 Å². The fourth-order valence-corrected chi connectivity index (χ4v) is 1.95. The van der Waals surface area contributed by atoms with Gasteiger partial charge in [-0.15, -0.1) is 0 Å². The highest BCUT2D eigenvalue weighted by atomic mass is 16.2. The van der Waals surface area contributed by atoms with Crippen LogP contribution in [0.5, 0.6) is 0 Å². The van der Waals surface area contributed by atoms with Crippen LogP contribution < -0.4 is 5.32 Å². The van der Waals surface area contributed by atoms with Crippen LogP contribution in [0.15, 0.2) is 11.3 Å². The Morgan fingerprint density at radius 2 is 2.08 bits per heavy atom. The number of ketones is 1. The van der Waals surface area contributed by atoms with Crippen LogP contribution in [0.4, 0.5) is 0 Å². The van der Waals surface area contributed by atoms with E-state index in [0.29, 0.717) is 18.6 Å². The Labute approximate surface area is 77.2 Å². The second-order valence-electron chi connectivity index (χ2n) is 3.89. The first-order valence-electron chi connectivity index (χ1n) is 4.70. The van der Waals surface area contributed by atoms with Crippen LogP contribution in [0.1, 0.15) is 32.6 Å². The minimum Gasteiger partial charge on any atom is -0.330 e. The third-order valence-corrected chi connectivity index (χ3v) is 2.77. The van der Waals surface area contributed by atoms with Crippen molar-refractivity contribution < 1.29 is 9.59 Å². The molecule has 1 aliphatic heterocycles. The van der Waals surface area contributed by atoms with E-state index in [1.807, 2.05) is 6.92 Å². The molecule has 0 radical (unpaired) electrons. The molecule has 1 atom stereocenters. The fraction of sp³-hybridized carbons (Fsp3) is 0.600. The highest BCUT2D eigenvalue weighted by Crippen LogP contribution is 2.29. The zero-order valence-corrected chi connectivity index (χ0v) is 7.72. The lowest BCUT2D eigenvalue weighted by Crippen LogP contribution is -2.36. The normalized spacial score (nSPS) is 28.5. The Morgan fingerprint density at radius 1 is 1.31 bits per heavy atom. The molecule has 70 valence electrons. The van der Waals surface area contributed by atoms with Gasteiger partial charge in [0.1, 0.15) is 5.78 Å². The molecule has 3 heteroatoms. The summed E-state index contributed by atoms with van der Waals surface area (Å²) in [6.45, 7) is 1.90. The van der Waals surface area contributed by atoms with Crippen molar-refractivity contribution in [3.63, 3.8) is 0 Å². The number of hydrogen-bond acceptors (Lipinski definition) is 2. The van der Waals surface area contributed by atoms with Crippen molar-refractivity contribution in [2.75, 3.05) is 0 Å². The van der Waals surface area contributed by atoms with Gasteiger partial charge in [0.2, 0.25) is 5.91 Å². The third kappa shape index (κ3) is 1.50. The molecule has 2 rings (SSSR count). The zero-order chi connectivity index (χ0) is 9.42. The standard InChI is InChI=1S/C10H13NO2/c1-6-4-7-5-8(12)2-3-9(7)11-10(6)13/h6H,2-5H2,1H3,(H,11,13)/t6-/m1/s1. The molecule has 0 saturated carbocycles. The summed E-state index contributed by atoms with van der Waals surface area (Å²) in [5, 5.41) is 2.88. The number of nitrogens with one attached hydrogen (secondary N) is 1. The van der Waals surface area contributed by atoms with E-state index >= 15 is 0 Å². The van der Waals surface area contributed by atoms with Crippen molar-refractivity contribution in [1.82, 2.24) is 5.32 Å². The van der Waals surface area contributed by atoms with Crippen LogP contribution in [0, 0.1) is 5.92 Å². The highest BCUT2D eigenvalue weighted by Gasteiger charge is 2.28. The summed E-state index contributed by atoms with van der Waals surface area (Å²) < 4.78 is 0. The van der Waals surface area contributed by atoms with Crippen molar-refractivity contribution in [3.05, 3.63) is 11.3 Å². The summed E-state index contributed by atoms with van der Waals surface area (Å²) in [5.41, 5.74) is 2.17. The molecule has 0 unspecified atom stereocenters. The van der Waals surface area contributed by atoms with Gasteiger partial charge in [0.15, 0.2) is 0 Å². The summed E-state index contributed by atoms with van der Waals surface area (Å²) in [5.74, 6) is 0.444. The Balaban J connectivity index is 2.23. The minimum atomic E-state index is 0.0321. The van der Waals surface area contributed by atoms with Crippen molar-refractivity contribution in [3.8, 4) is 0 Å². The van der Waals surface area contributed by atoms with Gasteiger partial charge in [-0.25, -0.2) is 0 Å². The van der Waals surface area contributed by atoms with E-state index in [4.69, 9.17) is 0 Å². The predicted molar refractivity (Wildman–Crippen MR) is 47.8 cm³/mol. The number of carbonyl (C=O) groups excluding carboxylic acids is 2. The molecular formula is C10H13NO2. The molecule has 3 nitrogen and oxygen atoms in total. The molecule has 0 aromatic carbocycles. The van der Waals surface area contributed by atoms with Crippen LogP contribution in [0.3, 0.4) is 0 Å². The Morgan fingerprint density at radius 3 is 2.85 bits per heavy atom. The summed E-state index contributed by atoms with van der Waals surface area (Å²) in [6.07, 6.45) is 2.65. The first kappa shape index (κ1) is 8.48. The maximum atomic E-state index is 11.3. The average molecular weight is 179 g/mol.